The number of nitrogens with two attached hydrogens (primary N) is 1. The van der Waals surface area contributed by atoms with Crippen LogP contribution >= 0.6 is 0 Å². The lowest BCUT2D eigenvalue weighted by molar-refractivity contribution is 0.315. The second-order valence-corrected chi connectivity index (χ2v) is 7.08. The lowest BCUT2D eigenvalue weighted by atomic mass is 10.1. The maximum Gasteiger partial charge on any atom is 0.230 e. The van der Waals surface area contributed by atoms with Crippen molar-refractivity contribution in [2.75, 3.05) is 12.0 Å². The Bertz CT molecular complexity index is 1010. The molecular formula is C13H13N5O4S. The Hall–Kier alpha value is -2.75. The van der Waals surface area contributed by atoms with Gasteiger partial charge in [-0.2, -0.15) is 0 Å². The Morgan fingerprint density at radius 3 is 2.65 bits per heavy atom. The predicted molar refractivity (Wildman–Crippen MR) is 80.6 cm³/mol. The minimum atomic E-state index is -3.54. The van der Waals surface area contributed by atoms with E-state index in [1.807, 2.05) is 0 Å². The first-order valence-electron chi connectivity index (χ1n) is 6.53. The molecule has 0 aliphatic heterocycles. The van der Waals surface area contributed by atoms with Crippen molar-refractivity contribution in [2.45, 2.75) is 18.2 Å². The van der Waals surface area contributed by atoms with Gasteiger partial charge in [0.15, 0.2) is 15.4 Å². The number of pyridine rings is 2. The highest BCUT2D eigenvalue weighted by Gasteiger charge is 2.18. The second-order valence-electron chi connectivity index (χ2n) is 5.10. The minimum absolute atomic E-state index is 0.222. The van der Waals surface area contributed by atoms with Gasteiger partial charge in [0.25, 0.3) is 0 Å². The molecular weight excluding hydrogens is 322 g/mol. The molecule has 0 saturated carbocycles. The first-order valence-corrected chi connectivity index (χ1v) is 8.42. The molecule has 0 amide bonds. The van der Waals surface area contributed by atoms with Gasteiger partial charge in [-0.3, -0.25) is 0 Å². The van der Waals surface area contributed by atoms with Gasteiger partial charge in [0.2, 0.25) is 11.5 Å². The van der Waals surface area contributed by atoms with E-state index in [0.717, 1.165) is 6.26 Å². The van der Waals surface area contributed by atoms with Crippen LogP contribution in [0.4, 0.5) is 5.69 Å². The van der Waals surface area contributed by atoms with E-state index >= 15 is 0 Å². The predicted octanol–water partition coefficient (Wildman–Crippen LogP) is 0.603. The summed E-state index contributed by atoms with van der Waals surface area (Å²) in [5, 5.41) is 17.2. The van der Waals surface area contributed by atoms with Gasteiger partial charge in [0.05, 0.1) is 5.69 Å². The molecule has 0 aromatic carbocycles. The van der Waals surface area contributed by atoms with Crippen LogP contribution in [0.1, 0.15) is 17.0 Å². The molecule has 3 aromatic heterocycles. The highest BCUT2D eigenvalue weighted by Crippen LogP contribution is 2.27. The average Bonchev–Trinajstić information content (AvgIpc) is 2.90. The number of sulfone groups is 1. The molecule has 3 rings (SSSR count). The van der Waals surface area contributed by atoms with E-state index in [1.165, 1.54) is 12.1 Å². The molecule has 0 radical (unpaired) electrons. The van der Waals surface area contributed by atoms with Gasteiger partial charge in [0.1, 0.15) is 4.90 Å². The molecule has 0 aliphatic rings. The molecule has 120 valence electrons. The summed E-state index contributed by atoms with van der Waals surface area (Å²) in [4.78, 5) is 7.93. The number of rotatable bonds is 3. The number of aromatic nitrogens is 4. The van der Waals surface area contributed by atoms with E-state index < -0.39 is 15.7 Å². The zero-order chi connectivity index (χ0) is 16.8. The molecule has 9 nitrogen and oxygen atoms in total. The number of aromatic hydroxyl groups is 1. The number of hydrogen-bond donors (Lipinski definition) is 2. The van der Waals surface area contributed by atoms with Gasteiger partial charge in [-0.25, -0.2) is 23.0 Å². The quantitative estimate of drug-likeness (QED) is 0.702. The highest BCUT2D eigenvalue weighted by molar-refractivity contribution is 7.90. The summed E-state index contributed by atoms with van der Waals surface area (Å²) in [7, 11) is -3.54. The van der Waals surface area contributed by atoms with Crippen molar-refractivity contribution < 1.29 is 18.2 Å². The van der Waals surface area contributed by atoms with Gasteiger partial charge >= 0.3 is 0 Å². The van der Waals surface area contributed by atoms with Crippen molar-refractivity contribution in [1.29, 1.82) is 0 Å². The Morgan fingerprint density at radius 2 is 2.00 bits per heavy atom. The Morgan fingerprint density at radius 1 is 1.26 bits per heavy atom. The molecule has 0 unspecified atom stereocenters. The summed E-state index contributed by atoms with van der Waals surface area (Å²) < 4.78 is 27.6. The van der Waals surface area contributed by atoms with Crippen molar-refractivity contribution in [3.8, 4) is 5.88 Å². The first-order chi connectivity index (χ1) is 10.8. The summed E-state index contributed by atoms with van der Waals surface area (Å²) in [5.41, 5.74) is 8.82. The van der Waals surface area contributed by atoms with Crippen LogP contribution in [-0.4, -0.2) is 40.1 Å². The van der Waals surface area contributed by atoms with Gasteiger partial charge in [-0.15, -0.1) is 0 Å². The summed E-state index contributed by atoms with van der Waals surface area (Å²) in [6, 6.07) is 2.82. The Kier molecular flexibility index (Phi) is 3.40. The van der Waals surface area contributed by atoms with Gasteiger partial charge < -0.3 is 10.8 Å². The molecule has 0 aliphatic carbocycles. The lowest BCUT2D eigenvalue weighted by Crippen LogP contribution is -2.05. The maximum absolute atomic E-state index is 11.5. The summed E-state index contributed by atoms with van der Waals surface area (Å²) in [6.07, 6.45) is 1.26. The minimum Gasteiger partial charge on any atom is -0.492 e. The third kappa shape index (κ3) is 2.68. The standard InChI is InChI=1S/C13H13N5O4S/c1-6-8(10(14)11-12(15-6)18-22-17-11)5-7-3-4-9(13(19)16-7)23(2,20)21/h3-4H,5,14H2,1-2H3,(H,16,19). The van der Waals surface area contributed by atoms with Crippen molar-refractivity contribution >= 4 is 26.7 Å². The van der Waals surface area contributed by atoms with Crippen molar-refractivity contribution in [3.63, 3.8) is 0 Å². The fraction of sp³-hybridized carbons (Fsp3) is 0.231. The normalized spacial score (nSPS) is 11.9. The van der Waals surface area contributed by atoms with Crippen LogP contribution in [0.2, 0.25) is 0 Å². The topological polar surface area (TPSA) is 145 Å². The van der Waals surface area contributed by atoms with E-state index in [1.54, 1.807) is 6.92 Å². The summed E-state index contributed by atoms with van der Waals surface area (Å²) in [6.45, 7) is 1.75. The number of nitrogen functional groups attached to an aromatic ring is 1. The number of aryl methyl sites for hydroxylation is 1. The van der Waals surface area contributed by atoms with Crippen LogP contribution < -0.4 is 5.73 Å². The van der Waals surface area contributed by atoms with Crippen LogP contribution in [0.5, 0.6) is 5.88 Å². The fourth-order valence-corrected chi connectivity index (χ4v) is 2.95. The number of fused-ring (bicyclic) bond motifs is 1. The Balaban J connectivity index is 2.04. The lowest BCUT2D eigenvalue weighted by Gasteiger charge is -2.09. The van der Waals surface area contributed by atoms with Crippen molar-refractivity contribution in [1.82, 2.24) is 20.3 Å². The molecule has 0 saturated heterocycles. The van der Waals surface area contributed by atoms with Crippen LogP contribution in [-0.2, 0) is 16.3 Å². The number of hydrogen-bond acceptors (Lipinski definition) is 9. The largest absolute Gasteiger partial charge is 0.492 e. The van der Waals surface area contributed by atoms with E-state index in [0.29, 0.717) is 33.8 Å². The average molecular weight is 335 g/mol. The number of nitrogens with zero attached hydrogens (tertiary/aromatic N) is 4. The summed E-state index contributed by atoms with van der Waals surface area (Å²) >= 11 is 0. The highest BCUT2D eigenvalue weighted by atomic mass is 32.2. The first kappa shape index (κ1) is 15.2. The third-order valence-corrected chi connectivity index (χ3v) is 4.53. The van der Waals surface area contributed by atoms with Crippen molar-refractivity contribution in [2.24, 2.45) is 0 Å². The molecule has 3 heterocycles. The van der Waals surface area contributed by atoms with Gasteiger partial charge in [0, 0.05) is 29.6 Å². The van der Waals surface area contributed by atoms with Crippen LogP contribution in [0.3, 0.4) is 0 Å². The molecule has 10 heteroatoms. The Labute approximate surface area is 131 Å². The molecule has 0 fully saturated rings. The van der Waals surface area contributed by atoms with Crippen LogP contribution in [0.25, 0.3) is 11.2 Å². The fourth-order valence-electron chi connectivity index (χ4n) is 2.26. The van der Waals surface area contributed by atoms with Crippen LogP contribution in [0, 0.1) is 6.92 Å². The van der Waals surface area contributed by atoms with Gasteiger partial charge in [-0.1, -0.05) is 0 Å². The second kappa shape index (κ2) is 5.16. The molecule has 0 bridgehead atoms. The van der Waals surface area contributed by atoms with E-state index in [4.69, 9.17) is 5.73 Å². The van der Waals surface area contributed by atoms with E-state index in [2.05, 4.69) is 24.9 Å². The molecule has 3 N–H and O–H groups in total. The molecule has 0 atom stereocenters. The summed E-state index contributed by atoms with van der Waals surface area (Å²) in [5.74, 6) is -0.543. The smallest absolute Gasteiger partial charge is 0.230 e. The molecule has 0 spiro atoms. The van der Waals surface area contributed by atoms with Crippen LogP contribution in [0.15, 0.2) is 21.7 Å². The van der Waals surface area contributed by atoms with E-state index in [-0.39, 0.29) is 11.3 Å². The SMILES string of the molecule is Cc1nc2nonc2c(N)c1Cc1ccc(S(C)(=O)=O)c(O)n1. The maximum atomic E-state index is 11.5. The zero-order valence-electron chi connectivity index (χ0n) is 12.3. The van der Waals surface area contributed by atoms with Gasteiger partial charge in [-0.05, 0) is 29.4 Å². The zero-order valence-corrected chi connectivity index (χ0v) is 13.1. The molecule has 3 aromatic rings. The third-order valence-electron chi connectivity index (χ3n) is 3.42. The molecule has 23 heavy (non-hydrogen) atoms. The number of anilines is 1. The monoisotopic (exact) mass is 335 g/mol. The van der Waals surface area contributed by atoms with Crippen molar-refractivity contribution in [3.05, 3.63) is 29.1 Å². The van der Waals surface area contributed by atoms with E-state index in [9.17, 15) is 13.5 Å².